The molecule has 2 atom stereocenters. The van der Waals surface area contributed by atoms with E-state index >= 15 is 0 Å². The zero-order valence-corrected chi connectivity index (χ0v) is 11.9. The Morgan fingerprint density at radius 3 is 2.41 bits per heavy atom. The summed E-state index contributed by atoms with van der Waals surface area (Å²) in [6.07, 6.45) is 2.54. The molecule has 1 rings (SSSR count). The fourth-order valence-corrected chi connectivity index (χ4v) is 2.01. The summed E-state index contributed by atoms with van der Waals surface area (Å²) in [5, 5.41) is 2.88. The summed E-state index contributed by atoms with van der Waals surface area (Å²) in [5.41, 5.74) is 5.49. The molecule has 1 aliphatic rings. The first-order valence-corrected chi connectivity index (χ1v) is 6.28. The summed E-state index contributed by atoms with van der Waals surface area (Å²) in [7, 11) is 0. The number of hydrogen-bond acceptors (Lipinski definition) is 3. The van der Waals surface area contributed by atoms with E-state index in [2.05, 4.69) is 24.1 Å². The molecule has 4 nitrogen and oxygen atoms in total. The van der Waals surface area contributed by atoms with Crippen molar-refractivity contribution in [1.29, 1.82) is 0 Å². The summed E-state index contributed by atoms with van der Waals surface area (Å²) >= 11 is 0. The van der Waals surface area contributed by atoms with Crippen LogP contribution in [0.3, 0.4) is 0 Å². The molecule has 0 saturated carbocycles. The van der Waals surface area contributed by atoms with Gasteiger partial charge in [-0.25, -0.2) is 0 Å². The molecule has 3 N–H and O–H groups in total. The zero-order valence-electron chi connectivity index (χ0n) is 11.1. The molecule has 1 fully saturated rings. The molecule has 1 aliphatic heterocycles. The van der Waals surface area contributed by atoms with Crippen molar-refractivity contribution >= 4 is 18.3 Å². The molecule has 0 aromatic carbocycles. The zero-order chi connectivity index (χ0) is 12.1. The number of amides is 1. The van der Waals surface area contributed by atoms with Gasteiger partial charge in [-0.1, -0.05) is 6.92 Å². The Labute approximate surface area is 111 Å². The van der Waals surface area contributed by atoms with Gasteiger partial charge in [0, 0.05) is 12.6 Å². The number of likely N-dealkylation sites (tertiary alicyclic amines) is 1. The number of carbonyl (C=O) groups is 1. The first kappa shape index (κ1) is 16.7. The minimum atomic E-state index is -0.409. The lowest BCUT2D eigenvalue weighted by molar-refractivity contribution is -0.122. The van der Waals surface area contributed by atoms with Crippen molar-refractivity contribution in [3.63, 3.8) is 0 Å². The standard InChI is InChI=1S/C12H25N3O.ClH/c1-9-4-6-15(7-5-9)10(2)8-14-12(16)11(3)13;/h9-11H,4-8,13H2,1-3H3,(H,14,16);1H. The Balaban J connectivity index is 0.00000256. The van der Waals surface area contributed by atoms with Crippen molar-refractivity contribution in [2.45, 2.75) is 45.7 Å². The van der Waals surface area contributed by atoms with Crippen molar-refractivity contribution in [3.05, 3.63) is 0 Å². The minimum absolute atomic E-state index is 0. The number of rotatable bonds is 4. The molecule has 0 bridgehead atoms. The summed E-state index contributed by atoms with van der Waals surface area (Å²) in [5.74, 6) is 0.791. The highest BCUT2D eigenvalue weighted by Gasteiger charge is 2.20. The molecular formula is C12H26ClN3O. The van der Waals surface area contributed by atoms with Crippen LogP contribution in [0.1, 0.15) is 33.6 Å². The summed E-state index contributed by atoms with van der Waals surface area (Å²) in [4.78, 5) is 13.8. The molecule has 1 amide bonds. The van der Waals surface area contributed by atoms with Gasteiger partial charge in [0.05, 0.1) is 6.04 Å². The Bertz CT molecular complexity index is 228. The van der Waals surface area contributed by atoms with Gasteiger partial charge in [0.25, 0.3) is 0 Å². The Morgan fingerprint density at radius 1 is 1.41 bits per heavy atom. The maximum absolute atomic E-state index is 11.3. The lowest BCUT2D eigenvalue weighted by atomic mass is 9.98. The Hall–Kier alpha value is -0.320. The van der Waals surface area contributed by atoms with Crippen LogP contribution >= 0.6 is 12.4 Å². The van der Waals surface area contributed by atoms with Gasteiger partial charge in [-0.05, 0) is 45.7 Å². The van der Waals surface area contributed by atoms with Gasteiger partial charge in [0.2, 0.25) is 5.91 Å². The number of piperidine rings is 1. The molecule has 0 aromatic rings. The number of carbonyl (C=O) groups excluding carboxylic acids is 1. The van der Waals surface area contributed by atoms with Crippen LogP contribution < -0.4 is 11.1 Å². The van der Waals surface area contributed by atoms with E-state index < -0.39 is 6.04 Å². The van der Waals surface area contributed by atoms with Crippen molar-refractivity contribution in [1.82, 2.24) is 10.2 Å². The second-order valence-electron chi connectivity index (χ2n) is 5.10. The molecule has 102 valence electrons. The second-order valence-corrected chi connectivity index (χ2v) is 5.10. The Morgan fingerprint density at radius 2 is 1.94 bits per heavy atom. The predicted molar refractivity (Wildman–Crippen MR) is 73.3 cm³/mol. The fourth-order valence-electron chi connectivity index (χ4n) is 2.01. The molecule has 0 aromatic heterocycles. The molecule has 1 heterocycles. The molecule has 17 heavy (non-hydrogen) atoms. The van der Waals surface area contributed by atoms with Gasteiger partial charge in [-0.3, -0.25) is 9.69 Å². The van der Waals surface area contributed by atoms with Crippen LogP contribution in [0.25, 0.3) is 0 Å². The topological polar surface area (TPSA) is 58.4 Å². The SMILES string of the molecule is CC1CCN(C(C)CNC(=O)C(C)N)CC1.Cl. The van der Waals surface area contributed by atoms with Gasteiger partial charge in [0.1, 0.15) is 0 Å². The third kappa shape index (κ3) is 5.70. The van der Waals surface area contributed by atoms with Crippen LogP contribution in [0.15, 0.2) is 0 Å². The summed E-state index contributed by atoms with van der Waals surface area (Å²) < 4.78 is 0. The van der Waals surface area contributed by atoms with E-state index in [1.807, 2.05) is 0 Å². The monoisotopic (exact) mass is 263 g/mol. The highest BCUT2D eigenvalue weighted by molar-refractivity contribution is 5.85. The highest BCUT2D eigenvalue weighted by Crippen LogP contribution is 2.17. The van der Waals surface area contributed by atoms with Gasteiger partial charge in [-0.2, -0.15) is 0 Å². The second kappa shape index (κ2) is 7.90. The summed E-state index contributed by atoms with van der Waals surface area (Å²) in [6, 6.07) is 0.00350. The van der Waals surface area contributed by atoms with E-state index in [-0.39, 0.29) is 18.3 Å². The molecule has 1 saturated heterocycles. The van der Waals surface area contributed by atoms with E-state index in [0.717, 1.165) is 19.0 Å². The van der Waals surface area contributed by atoms with E-state index in [1.54, 1.807) is 6.92 Å². The van der Waals surface area contributed by atoms with Crippen molar-refractivity contribution in [2.75, 3.05) is 19.6 Å². The van der Waals surface area contributed by atoms with Crippen molar-refractivity contribution in [3.8, 4) is 0 Å². The lowest BCUT2D eigenvalue weighted by Crippen LogP contribution is -2.48. The average molecular weight is 264 g/mol. The smallest absolute Gasteiger partial charge is 0.236 e. The molecule has 2 unspecified atom stereocenters. The highest BCUT2D eigenvalue weighted by atomic mass is 35.5. The lowest BCUT2D eigenvalue weighted by Gasteiger charge is -2.35. The van der Waals surface area contributed by atoms with Gasteiger partial charge in [-0.15, -0.1) is 12.4 Å². The Kier molecular flexibility index (Phi) is 7.75. The molecule has 5 heteroatoms. The van der Waals surface area contributed by atoms with E-state index in [4.69, 9.17) is 5.73 Å². The van der Waals surface area contributed by atoms with E-state index in [9.17, 15) is 4.79 Å². The largest absolute Gasteiger partial charge is 0.353 e. The van der Waals surface area contributed by atoms with Gasteiger partial charge in [0.15, 0.2) is 0 Å². The number of nitrogens with two attached hydrogens (primary N) is 1. The van der Waals surface area contributed by atoms with Crippen LogP contribution in [-0.2, 0) is 4.79 Å². The maximum Gasteiger partial charge on any atom is 0.236 e. The van der Waals surface area contributed by atoms with Gasteiger partial charge >= 0.3 is 0 Å². The van der Waals surface area contributed by atoms with Crippen LogP contribution in [0, 0.1) is 5.92 Å². The first-order valence-electron chi connectivity index (χ1n) is 6.28. The minimum Gasteiger partial charge on any atom is -0.353 e. The molecule has 0 spiro atoms. The third-order valence-corrected chi connectivity index (χ3v) is 3.43. The first-order chi connectivity index (χ1) is 7.50. The van der Waals surface area contributed by atoms with Crippen molar-refractivity contribution in [2.24, 2.45) is 11.7 Å². The normalized spacial score (nSPS) is 21.4. The maximum atomic E-state index is 11.3. The predicted octanol–water partition coefficient (Wildman–Crippen LogP) is 0.992. The molecule has 0 aliphatic carbocycles. The fraction of sp³-hybridized carbons (Fsp3) is 0.917. The number of hydrogen-bond donors (Lipinski definition) is 2. The van der Waals surface area contributed by atoms with Crippen LogP contribution in [0.5, 0.6) is 0 Å². The third-order valence-electron chi connectivity index (χ3n) is 3.43. The van der Waals surface area contributed by atoms with Crippen LogP contribution in [-0.4, -0.2) is 42.5 Å². The van der Waals surface area contributed by atoms with E-state index in [1.165, 1.54) is 12.8 Å². The number of nitrogens with one attached hydrogen (secondary N) is 1. The molecular weight excluding hydrogens is 238 g/mol. The number of halogens is 1. The quantitative estimate of drug-likeness (QED) is 0.795. The summed E-state index contributed by atoms with van der Waals surface area (Å²) in [6.45, 7) is 9.18. The van der Waals surface area contributed by atoms with Crippen LogP contribution in [0.4, 0.5) is 0 Å². The average Bonchev–Trinajstić information content (AvgIpc) is 2.26. The van der Waals surface area contributed by atoms with E-state index in [0.29, 0.717) is 12.6 Å². The number of nitrogens with zero attached hydrogens (tertiary/aromatic N) is 1. The van der Waals surface area contributed by atoms with Crippen LogP contribution in [0.2, 0.25) is 0 Å². The molecule has 0 radical (unpaired) electrons. The van der Waals surface area contributed by atoms with Gasteiger partial charge < -0.3 is 11.1 Å². The van der Waals surface area contributed by atoms with Crippen molar-refractivity contribution < 1.29 is 4.79 Å².